The standard InChI is InChI=1S/C17H23N3O4/c1-13(21)19-8-6-18(7-9-19)10-14-2-4-15(5-3-14)24-16-11-20(12-16)17(22)23/h2-5,16H,6-12H2,1H3,(H,22,23). The summed E-state index contributed by atoms with van der Waals surface area (Å²) in [5.74, 6) is 0.920. The molecule has 0 radical (unpaired) electrons. The smallest absolute Gasteiger partial charge is 0.407 e. The fourth-order valence-corrected chi connectivity index (χ4v) is 3.01. The Bertz CT molecular complexity index is 590. The monoisotopic (exact) mass is 333 g/mol. The number of carbonyl (C=O) groups excluding carboxylic acids is 1. The third-order valence-electron chi connectivity index (χ3n) is 4.57. The molecule has 2 aliphatic rings. The molecule has 2 aliphatic heterocycles. The second-order valence-electron chi connectivity index (χ2n) is 6.35. The number of hydrogen-bond donors (Lipinski definition) is 1. The summed E-state index contributed by atoms with van der Waals surface area (Å²) in [7, 11) is 0. The molecule has 24 heavy (non-hydrogen) atoms. The van der Waals surface area contributed by atoms with Crippen LogP contribution in [0.1, 0.15) is 12.5 Å². The van der Waals surface area contributed by atoms with Crippen molar-refractivity contribution in [2.75, 3.05) is 39.3 Å². The first-order valence-electron chi connectivity index (χ1n) is 8.22. The van der Waals surface area contributed by atoms with E-state index in [0.29, 0.717) is 13.1 Å². The maximum atomic E-state index is 11.3. The quantitative estimate of drug-likeness (QED) is 0.893. The van der Waals surface area contributed by atoms with Crippen molar-refractivity contribution in [2.45, 2.75) is 19.6 Å². The van der Waals surface area contributed by atoms with Crippen molar-refractivity contribution in [3.63, 3.8) is 0 Å². The molecule has 0 atom stereocenters. The SMILES string of the molecule is CC(=O)N1CCN(Cc2ccc(OC3CN(C(=O)O)C3)cc2)CC1. The molecule has 2 heterocycles. The predicted octanol–water partition coefficient (Wildman–Crippen LogP) is 1.09. The van der Waals surface area contributed by atoms with Gasteiger partial charge in [-0.05, 0) is 17.7 Å². The molecular formula is C17H23N3O4. The minimum atomic E-state index is -0.893. The summed E-state index contributed by atoms with van der Waals surface area (Å²) in [6, 6.07) is 7.95. The van der Waals surface area contributed by atoms with Gasteiger partial charge in [-0.15, -0.1) is 0 Å². The normalized spacial score (nSPS) is 19.0. The topological polar surface area (TPSA) is 73.3 Å². The number of likely N-dealkylation sites (tertiary alicyclic amines) is 1. The van der Waals surface area contributed by atoms with Crippen molar-refractivity contribution in [3.05, 3.63) is 29.8 Å². The van der Waals surface area contributed by atoms with Crippen LogP contribution in [0, 0.1) is 0 Å². The first-order valence-corrected chi connectivity index (χ1v) is 8.22. The summed E-state index contributed by atoms with van der Waals surface area (Å²) in [5, 5.41) is 8.80. The summed E-state index contributed by atoms with van der Waals surface area (Å²) in [5.41, 5.74) is 1.21. The Morgan fingerprint density at radius 1 is 1.08 bits per heavy atom. The zero-order chi connectivity index (χ0) is 17.1. The van der Waals surface area contributed by atoms with Crippen molar-refractivity contribution in [1.82, 2.24) is 14.7 Å². The highest BCUT2D eigenvalue weighted by molar-refractivity contribution is 5.73. The van der Waals surface area contributed by atoms with Gasteiger partial charge >= 0.3 is 6.09 Å². The van der Waals surface area contributed by atoms with Crippen molar-refractivity contribution in [3.8, 4) is 5.75 Å². The minimum absolute atomic E-state index is 0.0494. The highest BCUT2D eigenvalue weighted by atomic mass is 16.5. The second-order valence-corrected chi connectivity index (χ2v) is 6.35. The van der Waals surface area contributed by atoms with Crippen molar-refractivity contribution in [2.24, 2.45) is 0 Å². The van der Waals surface area contributed by atoms with E-state index >= 15 is 0 Å². The molecule has 7 nitrogen and oxygen atoms in total. The first-order chi connectivity index (χ1) is 11.5. The molecule has 0 spiro atoms. The van der Waals surface area contributed by atoms with Crippen LogP contribution in [0.25, 0.3) is 0 Å². The molecule has 1 aromatic rings. The number of amides is 2. The third-order valence-corrected chi connectivity index (χ3v) is 4.57. The third kappa shape index (κ3) is 3.97. The number of rotatable bonds is 4. The van der Waals surface area contributed by atoms with Crippen LogP contribution in [0.15, 0.2) is 24.3 Å². The Kier molecular flexibility index (Phi) is 4.89. The van der Waals surface area contributed by atoms with E-state index in [1.54, 1.807) is 6.92 Å². The molecule has 0 aromatic heterocycles. The summed E-state index contributed by atoms with van der Waals surface area (Å²) < 4.78 is 5.75. The Morgan fingerprint density at radius 2 is 1.71 bits per heavy atom. The van der Waals surface area contributed by atoms with Gasteiger partial charge in [0.15, 0.2) is 0 Å². The Balaban J connectivity index is 1.44. The number of nitrogens with zero attached hydrogens (tertiary/aromatic N) is 3. The van der Waals surface area contributed by atoms with Gasteiger partial charge in [-0.3, -0.25) is 9.69 Å². The molecule has 0 unspecified atom stereocenters. The summed E-state index contributed by atoms with van der Waals surface area (Å²) in [4.78, 5) is 27.6. The largest absolute Gasteiger partial charge is 0.487 e. The van der Waals surface area contributed by atoms with Crippen molar-refractivity contribution >= 4 is 12.0 Å². The summed E-state index contributed by atoms with van der Waals surface area (Å²) >= 11 is 0. The zero-order valence-corrected chi connectivity index (χ0v) is 13.9. The fourth-order valence-electron chi connectivity index (χ4n) is 3.01. The van der Waals surface area contributed by atoms with Crippen LogP contribution in [-0.2, 0) is 11.3 Å². The average molecular weight is 333 g/mol. The van der Waals surface area contributed by atoms with Gasteiger partial charge < -0.3 is 19.6 Å². The summed E-state index contributed by atoms with van der Waals surface area (Å²) in [6.07, 6.45) is -0.943. The molecular weight excluding hydrogens is 310 g/mol. The number of benzene rings is 1. The molecule has 7 heteroatoms. The molecule has 1 N–H and O–H groups in total. The number of carbonyl (C=O) groups is 2. The van der Waals surface area contributed by atoms with Crippen LogP contribution < -0.4 is 4.74 Å². The molecule has 2 saturated heterocycles. The molecule has 130 valence electrons. The van der Waals surface area contributed by atoms with Crippen LogP contribution in [0.4, 0.5) is 4.79 Å². The van der Waals surface area contributed by atoms with Crippen LogP contribution in [0.5, 0.6) is 5.75 Å². The predicted molar refractivity (Wildman–Crippen MR) is 88.0 cm³/mol. The molecule has 0 bridgehead atoms. The molecule has 3 rings (SSSR count). The van der Waals surface area contributed by atoms with Crippen molar-refractivity contribution in [1.29, 1.82) is 0 Å². The van der Waals surface area contributed by atoms with Crippen LogP contribution in [-0.4, -0.2) is 77.2 Å². The molecule has 2 fully saturated rings. The molecule has 0 aliphatic carbocycles. The number of hydrogen-bond acceptors (Lipinski definition) is 4. The van der Waals surface area contributed by atoms with E-state index in [1.807, 2.05) is 29.2 Å². The van der Waals surface area contributed by atoms with E-state index in [4.69, 9.17) is 9.84 Å². The average Bonchev–Trinajstić information content (AvgIpc) is 2.52. The zero-order valence-electron chi connectivity index (χ0n) is 13.9. The number of ether oxygens (including phenoxy) is 1. The van der Waals surface area contributed by atoms with E-state index in [1.165, 1.54) is 10.5 Å². The molecule has 0 saturated carbocycles. The number of carboxylic acid groups (broad SMARTS) is 1. The van der Waals surface area contributed by atoms with Gasteiger partial charge in [-0.2, -0.15) is 0 Å². The van der Waals surface area contributed by atoms with Crippen molar-refractivity contribution < 1.29 is 19.4 Å². The van der Waals surface area contributed by atoms with Gasteiger partial charge in [0.1, 0.15) is 11.9 Å². The molecule has 1 aromatic carbocycles. The van der Waals surface area contributed by atoms with Gasteiger partial charge in [-0.25, -0.2) is 4.79 Å². The summed E-state index contributed by atoms with van der Waals surface area (Å²) in [6.45, 7) is 6.70. The first kappa shape index (κ1) is 16.6. The molecule has 2 amide bonds. The maximum absolute atomic E-state index is 11.3. The van der Waals surface area contributed by atoms with Gasteiger partial charge in [0, 0.05) is 39.6 Å². The second kappa shape index (κ2) is 7.09. The lowest BCUT2D eigenvalue weighted by molar-refractivity contribution is -0.130. The van der Waals surface area contributed by atoms with E-state index in [9.17, 15) is 9.59 Å². The van der Waals surface area contributed by atoms with E-state index < -0.39 is 6.09 Å². The lowest BCUT2D eigenvalue weighted by Gasteiger charge is -2.36. The fraction of sp³-hybridized carbons (Fsp3) is 0.529. The van der Waals surface area contributed by atoms with Crippen LogP contribution in [0.2, 0.25) is 0 Å². The lowest BCUT2D eigenvalue weighted by atomic mass is 10.1. The van der Waals surface area contributed by atoms with Gasteiger partial charge in [0.05, 0.1) is 13.1 Å². The maximum Gasteiger partial charge on any atom is 0.407 e. The van der Waals surface area contributed by atoms with E-state index in [2.05, 4.69) is 4.90 Å². The van der Waals surface area contributed by atoms with Gasteiger partial charge in [0.2, 0.25) is 5.91 Å². The Hall–Kier alpha value is -2.28. The van der Waals surface area contributed by atoms with E-state index in [0.717, 1.165) is 38.5 Å². The van der Waals surface area contributed by atoms with E-state index in [-0.39, 0.29) is 12.0 Å². The van der Waals surface area contributed by atoms with Gasteiger partial charge in [-0.1, -0.05) is 12.1 Å². The van der Waals surface area contributed by atoms with Gasteiger partial charge in [0.25, 0.3) is 0 Å². The Morgan fingerprint density at radius 3 is 2.25 bits per heavy atom. The highest BCUT2D eigenvalue weighted by Crippen LogP contribution is 2.19. The van der Waals surface area contributed by atoms with Crippen LogP contribution in [0.3, 0.4) is 0 Å². The minimum Gasteiger partial charge on any atom is -0.487 e. The number of piperazine rings is 1. The van der Waals surface area contributed by atoms with Crippen LogP contribution >= 0.6 is 0 Å². The Labute approximate surface area is 141 Å². The lowest BCUT2D eigenvalue weighted by Crippen LogP contribution is -2.55. The highest BCUT2D eigenvalue weighted by Gasteiger charge is 2.32.